The lowest BCUT2D eigenvalue weighted by molar-refractivity contribution is 0.238. The van der Waals surface area contributed by atoms with Gasteiger partial charge in [-0.2, -0.15) is 0 Å². The predicted molar refractivity (Wildman–Crippen MR) is 114 cm³/mol. The maximum atomic E-state index is 4.93. The first kappa shape index (κ1) is 18.4. The fourth-order valence-electron chi connectivity index (χ4n) is 3.66. The van der Waals surface area contributed by atoms with E-state index in [1.807, 2.05) is 12.4 Å². The van der Waals surface area contributed by atoms with Gasteiger partial charge in [0.2, 0.25) is 0 Å². The van der Waals surface area contributed by atoms with E-state index in [9.17, 15) is 0 Å². The number of hydrogen-bond donors (Lipinski definition) is 0. The van der Waals surface area contributed by atoms with Crippen molar-refractivity contribution < 1.29 is 0 Å². The van der Waals surface area contributed by atoms with Gasteiger partial charge in [0, 0.05) is 32.0 Å². The zero-order valence-electron chi connectivity index (χ0n) is 16.5. The number of fused-ring (bicyclic) bond motifs is 1. The molecule has 4 nitrogen and oxygen atoms in total. The molecule has 4 aromatic rings. The average molecular weight is 371 g/mol. The number of aromatic nitrogens is 3. The number of hydrogen-bond acceptors (Lipinski definition) is 3. The average Bonchev–Trinajstić information content (AvgIpc) is 3.07. The van der Waals surface area contributed by atoms with Gasteiger partial charge < -0.3 is 4.57 Å². The second kappa shape index (κ2) is 8.36. The summed E-state index contributed by atoms with van der Waals surface area (Å²) >= 11 is 0. The van der Waals surface area contributed by atoms with Gasteiger partial charge in [0.05, 0.1) is 17.6 Å². The molecule has 0 spiro atoms. The van der Waals surface area contributed by atoms with Crippen LogP contribution in [0.1, 0.15) is 29.4 Å². The van der Waals surface area contributed by atoms with Crippen LogP contribution in [-0.4, -0.2) is 19.4 Å². The van der Waals surface area contributed by atoms with Crippen molar-refractivity contribution in [1.82, 2.24) is 19.4 Å². The molecular weight excluding hydrogens is 344 g/mol. The van der Waals surface area contributed by atoms with Crippen LogP contribution in [0.25, 0.3) is 11.0 Å². The molecule has 0 radical (unpaired) electrons. The third-order valence-corrected chi connectivity index (χ3v) is 5.10. The van der Waals surface area contributed by atoms with Gasteiger partial charge in [-0.05, 0) is 49.2 Å². The summed E-state index contributed by atoms with van der Waals surface area (Å²) in [6.45, 7) is 7.79. The Morgan fingerprint density at radius 1 is 0.821 bits per heavy atom. The van der Waals surface area contributed by atoms with E-state index in [0.717, 1.165) is 37.5 Å². The molecule has 0 amide bonds. The van der Waals surface area contributed by atoms with Gasteiger partial charge in [-0.1, -0.05) is 42.0 Å². The summed E-state index contributed by atoms with van der Waals surface area (Å²) in [6.07, 6.45) is 3.72. The van der Waals surface area contributed by atoms with Crippen molar-refractivity contribution in [2.45, 2.75) is 40.0 Å². The van der Waals surface area contributed by atoms with E-state index in [4.69, 9.17) is 4.98 Å². The van der Waals surface area contributed by atoms with Crippen LogP contribution in [-0.2, 0) is 26.2 Å². The Balaban J connectivity index is 1.64. The number of pyridine rings is 1. The Bertz CT molecular complexity index is 1040. The van der Waals surface area contributed by atoms with Crippen LogP contribution >= 0.6 is 0 Å². The van der Waals surface area contributed by atoms with Gasteiger partial charge in [0.1, 0.15) is 5.82 Å². The molecule has 2 heterocycles. The number of aryl methyl sites for hydroxylation is 2. The molecule has 0 fully saturated rings. The van der Waals surface area contributed by atoms with Crippen LogP contribution < -0.4 is 0 Å². The summed E-state index contributed by atoms with van der Waals surface area (Å²) in [5, 5.41) is 0. The first-order chi connectivity index (χ1) is 13.7. The van der Waals surface area contributed by atoms with E-state index < -0.39 is 0 Å². The van der Waals surface area contributed by atoms with Crippen LogP contribution in [0.15, 0.2) is 73.1 Å². The van der Waals surface area contributed by atoms with E-state index in [2.05, 4.69) is 89.0 Å². The lowest BCUT2D eigenvalue weighted by Gasteiger charge is -2.23. The summed E-state index contributed by atoms with van der Waals surface area (Å²) in [6, 6.07) is 21.4. The number of rotatable bonds is 7. The molecule has 4 rings (SSSR count). The summed E-state index contributed by atoms with van der Waals surface area (Å²) in [7, 11) is 0. The summed E-state index contributed by atoms with van der Waals surface area (Å²) in [5.41, 5.74) is 6.15. The van der Waals surface area contributed by atoms with Crippen molar-refractivity contribution in [2.75, 3.05) is 0 Å². The summed E-state index contributed by atoms with van der Waals surface area (Å²) < 4.78 is 2.32. The molecule has 0 N–H and O–H groups in total. The minimum atomic E-state index is 0.804. The van der Waals surface area contributed by atoms with Crippen molar-refractivity contribution >= 4 is 11.0 Å². The molecule has 0 saturated carbocycles. The molecule has 0 unspecified atom stereocenters. The van der Waals surface area contributed by atoms with Crippen LogP contribution in [0.2, 0.25) is 0 Å². The van der Waals surface area contributed by atoms with Crippen molar-refractivity contribution in [3.63, 3.8) is 0 Å². The van der Waals surface area contributed by atoms with Gasteiger partial charge in [-0.25, -0.2) is 4.98 Å². The summed E-state index contributed by atoms with van der Waals surface area (Å²) in [5.74, 6) is 1.12. The molecule has 142 valence electrons. The quantitative estimate of drug-likeness (QED) is 0.461. The maximum Gasteiger partial charge on any atom is 0.124 e. The second-order valence-electron chi connectivity index (χ2n) is 7.25. The monoisotopic (exact) mass is 370 g/mol. The molecule has 0 atom stereocenters. The Morgan fingerprint density at radius 2 is 1.50 bits per heavy atom. The molecule has 2 aromatic heterocycles. The van der Waals surface area contributed by atoms with E-state index in [1.165, 1.54) is 22.2 Å². The summed E-state index contributed by atoms with van der Waals surface area (Å²) in [4.78, 5) is 11.5. The topological polar surface area (TPSA) is 34.0 Å². The standard InChI is InChI=1S/C24H26N4/c1-3-28-23-7-5-4-6-22(23)26-24(28)18-27(17-21-12-14-25-15-13-21)16-20-10-8-19(2)9-11-20/h4-15H,3,16-18H2,1-2H3. The zero-order chi connectivity index (χ0) is 19.3. The number of nitrogens with zero attached hydrogens (tertiary/aromatic N) is 4. The maximum absolute atomic E-state index is 4.93. The molecule has 28 heavy (non-hydrogen) atoms. The Kier molecular flexibility index (Phi) is 5.49. The normalized spacial score (nSPS) is 11.4. The highest BCUT2D eigenvalue weighted by atomic mass is 15.2. The molecule has 4 heteroatoms. The van der Waals surface area contributed by atoms with E-state index in [1.54, 1.807) is 0 Å². The number of benzene rings is 2. The van der Waals surface area contributed by atoms with Gasteiger partial charge >= 0.3 is 0 Å². The van der Waals surface area contributed by atoms with E-state index >= 15 is 0 Å². The lowest BCUT2D eigenvalue weighted by Crippen LogP contribution is -2.24. The number of para-hydroxylation sites is 2. The minimum Gasteiger partial charge on any atom is -0.327 e. The Labute approximate surface area is 166 Å². The van der Waals surface area contributed by atoms with Crippen molar-refractivity contribution in [3.05, 3.63) is 95.6 Å². The zero-order valence-corrected chi connectivity index (χ0v) is 16.5. The highest BCUT2D eigenvalue weighted by Crippen LogP contribution is 2.19. The van der Waals surface area contributed by atoms with E-state index in [0.29, 0.717) is 0 Å². The SMILES string of the molecule is CCn1c(CN(Cc2ccncc2)Cc2ccc(C)cc2)nc2ccccc21. The van der Waals surface area contributed by atoms with Crippen molar-refractivity contribution in [1.29, 1.82) is 0 Å². The molecule has 0 saturated heterocycles. The smallest absolute Gasteiger partial charge is 0.124 e. The van der Waals surface area contributed by atoms with Crippen LogP contribution in [0.4, 0.5) is 0 Å². The highest BCUT2D eigenvalue weighted by Gasteiger charge is 2.14. The Morgan fingerprint density at radius 3 is 2.21 bits per heavy atom. The van der Waals surface area contributed by atoms with Crippen LogP contribution in [0, 0.1) is 6.92 Å². The minimum absolute atomic E-state index is 0.804. The van der Waals surface area contributed by atoms with Gasteiger partial charge in [0.25, 0.3) is 0 Å². The third-order valence-electron chi connectivity index (χ3n) is 5.10. The van der Waals surface area contributed by atoms with Crippen LogP contribution in [0.3, 0.4) is 0 Å². The fraction of sp³-hybridized carbons (Fsp3) is 0.250. The first-order valence-electron chi connectivity index (χ1n) is 9.84. The highest BCUT2D eigenvalue weighted by molar-refractivity contribution is 5.75. The molecule has 0 aliphatic carbocycles. The van der Waals surface area contributed by atoms with Gasteiger partial charge in [-0.15, -0.1) is 0 Å². The Hall–Kier alpha value is -2.98. The van der Waals surface area contributed by atoms with Gasteiger partial charge in [-0.3, -0.25) is 9.88 Å². The largest absolute Gasteiger partial charge is 0.327 e. The van der Waals surface area contributed by atoms with E-state index in [-0.39, 0.29) is 0 Å². The lowest BCUT2D eigenvalue weighted by atomic mass is 10.1. The molecule has 0 aliphatic heterocycles. The second-order valence-corrected chi connectivity index (χ2v) is 7.25. The molecule has 2 aromatic carbocycles. The van der Waals surface area contributed by atoms with Crippen molar-refractivity contribution in [3.8, 4) is 0 Å². The van der Waals surface area contributed by atoms with Gasteiger partial charge in [0.15, 0.2) is 0 Å². The first-order valence-corrected chi connectivity index (χ1v) is 9.84. The predicted octanol–water partition coefficient (Wildman–Crippen LogP) is 4.96. The molecule has 0 bridgehead atoms. The number of imidazole rings is 1. The molecule has 0 aliphatic rings. The third kappa shape index (κ3) is 4.12. The van der Waals surface area contributed by atoms with Crippen molar-refractivity contribution in [2.24, 2.45) is 0 Å². The fourth-order valence-corrected chi connectivity index (χ4v) is 3.66. The molecular formula is C24H26N4. The van der Waals surface area contributed by atoms with Crippen LogP contribution in [0.5, 0.6) is 0 Å².